The molecule has 2 heterocycles. The molecule has 124 valence electrons. The quantitative estimate of drug-likeness (QED) is 0.777. The highest BCUT2D eigenvalue weighted by Crippen LogP contribution is 2.37. The Bertz CT molecular complexity index is 922. The minimum absolute atomic E-state index is 0.105. The minimum Gasteiger partial charge on any atom is -0.361 e. The fraction of sp³-hybridized carbons (Fsp3) is 0.100. The van der Waals surface area contributed by atoms with Gasteiger partial charge in [-0.25, -0.2) is 9.37 Å². The molecule has 4 nitrogen and oxygen atoms in total. The van der Waals surface area contributed by atoms with Gasteiger partial charge < -0.3 is 5.32 Å². The van der Waals surface area contributed by atoms with Crippen molar-refractivity contribution >= 4 is 17.4 Å². The summed E-state index contributed by atoms with van der Waals surface area (Å²) in [6.07, 6.45) is 1.34. The third-order valence-electron chi connectivity index (χ3n) is 4.25. The van der Waals surface area contributed by atoms with E-state index in [4.69, 9.17) is 0 Å². The number of anilines is 2. The van der Waals surface area contributed by atoms with Crippen molar-refractivity contribution in [1.82, 2.24) is 4.98 Å². The van der Waals surface area contributed by atoms with Crippen LogP contribution in [0.3, 0.4) is 0 Å². The summed E-state index contributed by atoms with van der Waals surface area (Å²) in [7, 11) is 0. The Labute approximate surface area is 144 Å². The fourth-order valence-electron chi connectivity index (χ4n) is 3.00. The summed E-state index contributed by atoms with van der Waals surface area (Å²) in [4.78, 5) is 19.0. The number of fused-ring (bicyclic) bond motifs is 1. The van der Waals surface area contributed by atoms with Crippen LogP contribution in [-0.4, -0.2) is 10.9 Å². The molecule has 4 rings (SSSR count). The molecule has 0 saturated carbocycles. The second-order valence-corrected chi connectivity index (χ2v) is 6.01. The van der Waals surface area contributed by atoms with Gasteiger partial charge in [-0.3, -0.25) is 9.69 Å². The highest BCUT2D eigenvalue weighted by molar-refractivity contribution is 6.10. The van der Waals surface area contributed by atoms with Crippen LogP contribution in [0.15, 0.2) is 66.9 Å². The van der Waals surface area contributed by atoms with Gasteiger partial charge in [0.2, 0.25) is 0 Å². The van der Waals surface area contributed by atoms with Crippen LogP contribution in [0.4, 0.5) is 15.9 Å². The van der Waals surface area contributed by atoms with E-state index in [-0.39, 0.29) is 11.7 Å². The largest absolute Gasteiger partial charge is 0.361 e. The van der Waals surface area contributed by atoms with Gasteiger partial charge in [0.1, 0.15) is 17.8 Å². The van der Waals surface area contributed by atoms with Gasteiger partial charge in [-0.1, -0.05) is 24.3 Å². The molecule has 1 aromatic heterocycles. The number of hydrogen-bond acceptors (Lipinski definition) is 3. The van der Waals surface area contributed by atoms with E-state index in [1.165, 1.54) is 12.1 Å². The van der Waals surface area contributed by atoms with E-state index < -0.39 is 6.17 Å². The maximum Gasteiger partial charge on any atom is 0.261 e. The van der Waals surface area contributed by atoms with Gasteiger partial charge in [-0.05, 0) is 48.9 Å². The first kappa shape index (κ1) is 15.3. The number of carbonyl (C=O) groups excluding carboxylic acids is 1. The van der Waals surface area contributed by atoms with E-state index in [9.17, 15) is 9.18 Å². The highest BCUT2D eigenvalue weighted by Gasteiger charge is 2.38. The molecule has 0 saturated heterocycles. The molecule has 1 atom stereocenters. The predicted molar refractivity (Wildman–Crippen MR) is 95.0 cm³/mol. The lowest BCUT2D eigenvalue weighted by Gasteiger charge is -2.26. The summed E-state index contributed by atoms with van der Waals surface area (Å²) in [5, 5.41) is 3.32. The van der Waals surface area contributed by atoms with Crippen LogP contribution in [0.2, 0.25) is 0 Å². The van der Waals surface area contributed by atoms with Crippen molar-refractivity contribution in [3.63, 3.8) is 0 Å². The molecule has 0 bridgehead atoms. The third-order valence-corrected chi connectivity index (χ3v) is 4.25. The number of nitrogens with one attached hydrogen (secondary N) is 1. The standard InChI is InChI=1S/C20H16FN3O/c1-13-6-11-18(22-12-13)24-19(23-15-9-7-14(21)8-10-15)16-4-2-3-5-17(16)20(24)25/h2-12,19,23H,1H3/t19-/m1/s1. The predicted octanol–water partition coefficient (Wildman–Crippen LogP) is 4.30. The van der Waals surface area contributed by atoms with Gasteiger partial charge in [0.05, 0.1) is 0 Å². The molecule has 1 N–H and O–H groups in total. The molecule has 0 radical (unpaired) electrons. The molecule has 0 aliphatic carbocycles. The summed E-state index contributed by atoms with van der Waals surface area (Å²) < 4.78 is 13.2. The van der Waals surface area contributed by atoms with Gasteiger partial charge in [-0.2, -0.15) is 0 Å². The Morgan fingerprint density at radius 1 is 1.04 bits per heavy atom. The van der Waals surface area contributed by atoms with Crippen LogP contribution >= 0.6 is 0 Å². The molecular weight excluding hydrogens is 317 g/mol. The molecule has 0 fully saturated rings. The van der Waals surface area contributed by atoms with E-state index in [0.29, 0.717) is 11.4 Å². The fourth-order valence-corrected chi connectivity index (χ4v) is 3.00. The Morgan fingerprint density at radius 3 is 2.52 bits per heavy atom. The normalized spacial score (nSPS) is 16.0. The number of aryl methyl sites for hydroxylation is 1. The topological polar surface area (TPSA) is 45.2 Å². The number of aromatic nitrogens is 1. The van der Waals surface area contributed by atoms with Crippen LogP contribution in [-0.2, 0) is 0 Å². The van der Waals surface area contributed by atoms with Gasteiger partial charge in [0.25, 0.3) is 5.91 Å². The summed E-state index contributed by atoms with van der Waals surface area (Å²) in [5.41, 5.74) is 3.27. The second kappa shape index (κ2) is 6.02. The van der Waals surface area contributed by atoms with Crippen LogP contribution in [0.5, 0.6) is 0 Å². The number of nitrogens with zero attached hydrogens (tertiary/aromatic N) is 2. The molecule has 2 aromatic carbocycles. The van der Waals surface area contributed by atoms with E-state index in [0.717, 1.165) is 16.8 Å². The van der Waals surface area contributed by atoms with Crippen LogP contribution in [0, 0.1) is 12.7 Å². The molecule has 0 unspecified atom stereocenters. The summed E-state index contributed by atoms with van der Waals surface area (Å²) in [5.74, 6) is 0.170. The van der Waals surface area contributed by atoms with E-state index in [1.807, 2.05) is 43.3 Å². The lowest BCUT2D eigenvalue weighted by molar-refractivity contribution is 0.0992. The molecule has 1 aliphatic rings. The Morgan fingerprint density at radius 2 is 1.80 bits per heavy atom. The van der Waals surface area contributed by atoms with E-state index in [1.54, 1.807) is 23.2 Å². The number of rotatable bonds is 3. The zero-order valence-electron chi connectivity index (χ0n) is 13.6. The maximum atomic E-state index is 13.2. The van der Waals surface area contributed by atoms with Crippen molar-refractivity contribution in [2.45, 2.75) is 13.1 Å². The van der Waals surface area contributed by atoms with Crippen LogP contribution in [0.25, 0.3) is 0 Å². The molecule has 3 aromatic rings. The first-order chi connectivity index (χ1) is 12.1. The average Bonchev–Trinajstić information content (AvgIpc) is 2.90. The average molecular weight is 333 g/mol. The Hall–Kier alpha value is -3.21. The molecule has 1 amide bonds. The molecule has 1 aliphatic heterocycles. The number of benzene rings is 2. The third kappa shape index (κ3) is 2.74. The van der Waals surface area contributed by atoms with Crippen molar-refractivity contribution in [2.75, 3.05) is 10.2 Å². The van der Waals surface area contributed by atoms with Gasteiger partial charge in [-0.15, -0.1) is 0 Å². The Kier molecular flexibility index (Phi) is 3.69. The Balaban J connectivity index is 1.77. The van der Waals surface area contributed by atoms with E-state index >= 15 is 0 Å². The SMILES string of the molecule is Cc1ccc(N2C(=O)c3ccccc3[C@@H]2Nc2ccc(F)cc2)nc1. The number of halogens is 1. The molecular formula is C20H16FN3O. The molecule has 25 heavy (non-hydrogen) atoms. The van der Waals surface area contributed by atoms with Crippen LogP contribution < -0.4 is 10.2 Å². The van der Waals surface area contributed by atoms with E-state index in [2.05, 4.69) is 10.3 Å². The number of amides is 1. The van der Waals surface area contributed by atoms with Gasteiger partial charge in [0, 0.05) is 23.0 Å². The van der Waals surface area contributed by atoms with Crippen molar-refractivity contribution in [3.05, 3.63) is 89.4 Å². The first-order valence-electron chi connectivity index (χ1n) is 8.01. The second-order valence-electron chi connectivity index (χ2n) is 6.01. The van der Waals surface area contributed by atoms with Crippen molar-refractivity contribution < 1.29 is 9.18 Å². The minimum atomic E-state index is -0.399. The smallest absolute Gasteiger partial charge is 0.261 e. The van der Waals surface area contributed by atoms with Crippen molar-refractivity contribution in [1.29, 1.82) is 0 Å². The van der Waals surface area contributed by atoms with Crippen molar-refractivity contribution in [2.24, 2.45) is 0 Å². The monoisotopic (exact) mass is 333 g/mol. The first-order valence-corrected chi connectivity index (χ1v) is 8.01. The van der Waals surface area contributed by atoms with Gasteiger partial charge >= 0.3 is 0 Å². The zero-order chi connectivity index (χ0) is 17.4. The van der Waals surface area contributed by atoms with Gasteiger partial charge in [0.15, 0.2) is 0 Å². The molecule has 0 spiro atoms. The zero-order valence-corrected chi connectivity index (χ0v) is 13.6. The summed E-state index contributed by atoms with van der Waals surface area (Å²) >= 11 is 0. The van der Waals surface area contributed by atoms with Crippen molar-refractivity contribution in [3.8, 4) is 0 Å². The highest BCUT2D eigenvalue weighted by atomic mass is 19.1. The number of carbonyl (C=O) groups is 1. The summed E-state index contributed by atoms with van der Waals surface area (Å²) in [6.45, 7) is 1.95. The lowest BCUT2D eigenvalue weighted by Crippen LogP contribution is -2.32. The number of pyridine rings is 1. The van der Waals surface area contributed by atoms with Crippen LogP contribution in [0.1, 0.15) is 27.7 Å². The lowest BCUT2D eigenvalue weighted by atomic mass is 10.1. The number of hydrogen-bond donors (Lipinski definition) is 1. The molecule has 5 heteroatoms. The summed E-state index contributed by atoms with van der Waals surface area (Å²) in [6, 6.07) is 17.3. The maximum absolute atomic E-state index is 13.2.